The van der Waals surface area contributed by atoms with Gasteiger partial charge in [0, 0.05) is 16.4 Å². The summed E-state index contributed by atoms with van der Waals surface area (Å²) in [5.41, 5.74) is 2.17. The van der Waals surface area contributed by atoms with Crippen LogP contribution in [0.25, 0.3) is 11.0 Å². The zero-order valence-electron chi connectivity index (χ0n) is 17.6. The van der Waals surface area contributed by atoms with Gasteiger partial charge in [-0.3, -0.25) is 4.79 Å². The molecule has 4 rings (SSSR count). The maximum atomic E-state index is 11.1. The fourth-order valence-electron chi connectivity index (χ4n) is 3.52. The van der Waals surface area contributed by atoms with E-state index < -0.39 is 24.3 Å². The number of furan rings is 1. The van der Waals surface area contributed by atoms with Crippen LogP contribution in [0.2, 0.25) is 0 Å². The lowest BCUT2D eigenvalue weighted by Crippen LogP contribution is -2.41. The van der Waals surface area contributed by atoms with Crippen LogP contribution in [0, 0.1) is 0 Å². The average Bonchev–Trinajstić information content (AvgIpc) is 3.21. The Hall–Kier alpha value is -2.77. The molecule has 1 aromatic heterocycles. The fraction of sp³-hybridized carbons (Fsp3) is 0.348. The minimum absolute atomic E-state index is 0.0872. The molecule has 0 saturated carbocycles. The lowest BCUT2D eigenvalue weighted by molar-refractivity contribution is -0.136. The van der Waals surface area contributed by atoms with E-state index in [1.165, 1.54) is 0 Å². The summed E-state index contributed by atoms with van der Waals surface area (Å²) in [6, 6.07) is 13.0. The van der Waals surface area contributed by atoms with Gasteiger partial charge in [0.05, 0.1) is 23.9 Å². The van der Waals surface area contributed by atoms with E-state index in [2.05, 4.69) is 0 Å². The third-order valence-corrected chi connectivity index (χ3v) is 5.86. The molecule has 2 heterocycles. The van der Waals surface area contributed by atoms with Gasteiger partial charge < -0.3 is 23.6 Å². The van der Waals surface area contributed by atoms with Gasteiger partial charge in [-0.25, -0.2) is 0 Å². The number of rotatable bonds is 6. The van der Waals surface area contributed by atoms with E-state index in [1.807, 2.05) is 52.0 Å². The van der Waals surface area contributed by atoms with E-state index in [4.69, 9.17) is 23.6 Å². The molecule has 1 N–H and O–H groups in total. The van der Waals surface area contributed by atoms with Crippen molar-refractivity contribution < 1.29 is 28.4 Å². The molecule has 0 bridgehead atoms. The summed E-state index contributed by atoms with van der Waals surface area (Å²) in [6.07, 6.45) is 1.56. The first-order valence-corrected chi connectivity index (χ1v) is 9.94. The second-order valence-electron chi connectivity index (χ2n) is 8.58. The lowest BCUT2D eigenvalue weighted by Gasteiger charge is -2.32. The van der Waals surface area contributed by atoms with Crippen LogP contribution < -0.4 is 10.2 Å². The first-order valence-electron chi connectivity index (χ1n) is 9.94. The molecule has 0 unspecified atom stereocenters. The lowest BCUT2D eigenvalue weighted by atomic mass is 9.77. The van der Waals surface area contributed by atoms with Crippen molar-refractivity contribution in [3.63, 3.8) is 0 Å². The van der Waals surface area contributed by atoms with Crippen LogP contribution in [0.15, 0.2) is 53.1 Å². The minimum atomic E-state index is -0.895. The maximum Gasteiger partial charge on any atom is 0.498 e. The summed E-state index contributed by atoms with van der Waals surface area (Å²) >= 11 is 0. The van der Waals surface area contributed by atoms with Gasteiger partial charge in [0.2, 0.25) is 0 Å². The number of hydrogen-bond acceptors (Lipinski definition) is 5. The third-order valence-electron chi connectivity index (χ3n) is 5.86. The summed E-state index contributed by atoms with van der Waals surface area (Å²) < 4.78 is 24.1. The van der Waals surface area contributed by atoms with E-state index in [-0.39, 0.29) is 13.0 Å². The normalized spacial score (nSPS) is 17.4. The van der Waals surface area contributed by atoms with E-state index in [1.54, 1.807) is 24.5 Å². The van der Waals surface area contributed by atoms with Crippen molar-refractivity contribution in [3.05, 3.63) is 59.9 Å². The molecule has 6 nitrogen and oxygen atoms in total. The molecule has 1 aliphatic rings. The Morgan fingerprint density at radius 2 is 1.77 bits per heavy atom. The van der Waals surface area contributed by atoms with Gasteiger partial charge in [-0.05, 0) is 51.5 Å². The Labute approximate surface area is 175 Å². The average molecular weight is 408 g/mol. The number of ether oxygens (including phenoxy) is 1. The van der Waals surface area contributed by atoms with Gasteiger partial charge in [0.15, 0.2) is 0 Å². The molecule has 0 aliphatic carbocycles. The molecule has 0 atom stereocenters. The first kappa shape index (κ1) is 20.5. The van der Waals surface area contributed by atoms with Gasteiger partial charge >= 0.3 is 13.1 Å². The van der Waals surface area contributed by atoms with E-state index in [0.29, 0.717) is 11.3 Å². The van der Waals surface area contributed by atoms with Crippen molar-refractivity contribution >= 4 is 29.5 Å². The highest BCUT2D eigenvalue weighted by atomic mass is 16.7. The number of carbonyl (C=O) groups is 1. The highest BCUT2D eigenvalue weighted by Crippen LogP contribution is 2.37. The predicted molar refractivity (Wildman–Crippen MR) is 114 cm³/mol. The van der Waals surface area contributed by atoms with Crippen LogP contribution in [0.1, 0.15) is 38.8 Å². The number of carboxylic acids is 1. The Balaban J connectivity index is 1.62. The largest absolute Gasteiger partial charge is 0.498 e. The van der Waals surface area contributed by atoms with Crippen LogP contribution >= 0.6 is 0 Å². The van der Waals surface area contributed by atoms with Crippen molar-refractivity contribution in [1.82, 2.24) is 0 Å². The molecule has 0 spiro atoms. The van der Waals surface area contributed by atoms with Crippen LogP contribution in [0.5, 0.6) is 5.75 Å². The van der Waals surface area contributed by atoms with Gasteiger partial charge in [-0.15, -0.1) is 0 Å². The van der Waals surface area contributed by atoms with Crippen LogP contribution in [-0.2, 0) is 27.1 Å². The number of aliphatic carboxylic acids is 1. The zero-order valence-corrected chi connectivity index (χ0v) is 17.6. The Kier molecular flexibility index (Phi) is 5.12. The second-order valence-corrected chi connectivity index (χ2v) is 8.58. The molecule has 156 valence electrons. The molecule has 1 saturated heterocycles. The fourth-order valence-corrected chi connectivity index (χ4v) is 3.52. The summed E-state index contributed by atoms with van der Waals surface area (Å²) in [4.78, 5) is 11.1. The highest BCUT2D eigenvalue weighted by molar-refractivity contribution is 6.64. The maximum absolute atomic E-state index is 11.1. The molecular formula is C23H25BO6. The monoisotopic (exact) mass is 408 g/mol. The van der Waals surface area contributed by atoms with Crippen LogP contribution in [0.3, 0.4) is 0 Å². The summed E-state index contributed by atoms with van der Waals surface area (Å²) in [5, 5.41) is 10.1. The number of hydrogen-bond donors (Lipinski definition) is 1. The Morgan fingerprint density at radius 3 is 2.47 bits per heavy atom. The topological polar surface area (TPSA) is 78.1 Å². The molecule has 3 aromatic rings. The van der Waals surface area contributed by atoms with Crippen molar-refractivity contribution in [2.24, 2.45) is 0 Å². The smallest absolute Gasteiger partial charge is 0.489 e. The molecule has 1 aliphatic heterocycles. The van der Waals surface area contributed by atoms with Crippen molar-refractivity contribution in [2.75, 3.05) is 0 Å². The van der Waals surface area contributed by atoms with E-state index in [9.17, 15) is 4.79 Å². The van der Waals surface area contributed by atoms with E-state index >= 15 is 0 Å². The number of fused-ring (bicyclic) bond motifs is 1. The summed E-state index contributed by atoms with van der Waals surface area (Å²) in [5.74, 6) is -0.335. The predicted octanol–water partition coefficient (Wildman–Crippen LogP) is 3.94. The van der Waals surface area contributed by atoms with Gasteiger partial charge in [0.1, 0.15) is 17.9 Å². The first-order chi connectivity index (χ1) is 14.2. The minimum Gasteiger partial charge on any atom is -0.489 e. The van der Waals surface area contributed by atoms with Crippen molar-refractivity contribution in [3.8, 4) is 5.75 Å². The van der Waals surface area contributed by atoms with Crippen molar-refractivity contribution in [2.45, 2.75) is 51.9 Å². The zero-order chi connectivity index (χ0) is 21.5. The molecule has 0 radical (unpaired) electrons. The number of benzene rings is 2. The highest BCUT2D eigenvalue weighted by Gasteiger charge is 2.52. The number of carboxylic acid groups (broad SMARTS) is 1. The molecule has 0 amide bonds. The Morgan fingerprint density at radius 1 is 1.07 bits per heavy atom. The standard InChI is InChI=1S/C23H25BO6/c1-22(2)23(3,4)30-24(29-22)18-12-15(11-17-9-10-27-21(17)18)14-28-19-8-6-5-7-16(19)13-20(25)26/h5-12H,13-14H2,1-4H3,(H,25,26). The summed E-state index contributed by atoms with van der Waals surface area (Å²) in [6.45, 7) is 8.33. The molecule has 1 fully saturated rings. The third kappa shape index (κ3) is 3.83. The Bertz CT molecular complexity index is 1070. The van der Waals surface area contributed by atoms with Crippen LogP contribution in [0.4, 0.5) is 0 Å². The van der Waals surface area contributed by atoms with Gasteiger partial charge in [-0.2, -0.15) is 0 Å². The molecule has 30 heavy (non-hydrogen) atoms. The molecule has 2 aromatic carbocycles. The molecular weight excluding hydrogens is 383 g/mol. The molecule has 7 heteroatoms. The van der Waals surface area contributed by atoms with E-state index in [0.717, 1.165) is 22.0 Å². The summed E-state index contributed by atoms with van der Waals surface area (Å²) in [7, 11) is -0.553. The van der Waals surface area contributed by atoms with Gasteiger partial charge in [-0.1, -0.05) is 24.3 Å². The van der Waals surface area contributed by atoms with Gasteiger partial charge in [0.25, 0.3) is 0 Å². The SMILES string of the molecule is CC1(C)OB(c2cc(COc3ccccc3CC(=O)O)cc3ccoc23)OC1(C)C. The second kappa shape index (κ2) is 7.49. The number of para-hydroxylation sites is 1. The van der Waals surface area contributed by atoms with Crippen LogP contribution in [-0.4, -0.2) is 29.4 Å². The quantitative estimate of drug-likeness (QED) is 0.623. The van der Waals surface area contributed by atoms with Crippen molar-refractivity contribution in [1.29, 1.82) is 0 Å².